The molecule has 1 rings (SSSR count). The zero-order valence-corrected chi connectivity index (χ0v) is 7.67. The Hall–Kier alpha value is -1.91. The summed E-state index contributed by atoms with van der Waals surface area (Å²) in [5, 5.41) is 8.47. The average molecular weight is 194 g/mol. The molecule has 0 bridgehead atoms. The van der Waals surface area contributed by atoms with Gasteiger partial charge in [-0.1, -0.05) is 6.07 Å². The number of aromatic nitrogens is 1. The van der Waals surface area contributed by atoms with Gasteiger partial charge in [-0.2, -0.15) is 0 Å². The summed E-state index contributed by atoms with van der Waals surface area (Å²) in [4.78, 5) is 26.7. The lowest BCUT2D eigenvalue weighted by molar-refractivity contribution is -0.137. The summed E-state index contributed by atoms with van der Waals surface area (Å²) < 4.78 is 0. The van der Waals surface area contributed by atoms with E-state index in [4.69, 9.17) is 5.11 Å². The van der Waals surface area contributed by atoms with E-state index in [0.29, 0.717) is 0 Å². The summed E-state index contributed by atoms with van der Waals surface area (Å²) in [6, 6.07) is 4.91. The molecule has 1 heterocycles. The first-order valence-corrected chi connectivity index (χ1v) is 3.99. The molecule has 0 unspecified atom stereocenters. The number of pyridine rings is 1. The van der Waals surface area contributed by atoms with Crippen LogP contribution in [-0.4, -0.2) is 40.5 Å². The number of likely N-dealkylation sites (N-methyl/N-ethyl adjacent to an activating group) is 1. The average Bonchev–Trinajstić information content (AvgIpc) is 2.17. The predicted octanol–water partition coefficient (Wildman–Crippen LogP) is 0.238. The summed E-state index contributed by atoms with van der Waals surface area (Å²) in [6.07, 6.45) is 1.49. The van der Waals surface area contributed by atoms with Crippen LogP contribution in [-0.2, 0) is 4.79 Å². The molecule has 1 amide bonds. The summed E-state index contributed by atoms with van der Waals surface area (Å²) in [5.41, 5.74) is 0.247. The van der Waals surface area contributed by atoms with Crippen LogP contribution in [0.2, 0.25) is 0 Å². The SMILES string of the molecule is CN(CC(=O)O)C(=O)c1ccccn1. The molecule has 0 radical (unpaired) electrons. The van der Waals surface area contributed by atoms with Gasteiger partial charge in [-0.05, 0) is 12.1 Å². The highest BCUT2D eigenvalue weighted by Gasteiger charge is 2.14. The highest BCUT2D eigenvalue weighted by molar-refractivity contribution is 5.93. The number of rotatable bonds is 3. The second kappa shape index (κ2) is 4.36. The zero-order chi connectivity index (χ0) is 10.6. The van der Waals surface area contributed by atoms with Crippen molar-refractivity contribution in [1.82, 2.24) is 9.88 Å². The fourth-order valence-corrected chi connectivity index (χ4v) is 0.960. The minimum Gasteiger partial charge on any atom is -0.480 e. The summed E-state index contributed by atoms with van der Waals surface area (Å²) in [6.45, 7) is -0.324. The van der Waals surface area contributed by atoms with Crippen LogP contribution in [0.1, 0.15) is 10.5 Å². The van der Waals surface area contributed by atoms with Crippen LogP contribution in [0.25, 0.3) is 0 Å². The van der Waals surface area contributed by atoms with Crippen LogP contribution >= 0.6 is 0 Å². The van der Waals surface area contributed by atoms with Crippen LogP contribution in [0.3, 0.4) is 0 Å². The number of aliphatic carboxylic acids is 1. The van der Waals surface area contributed by atoms with E-state index in [2.05, 4.69) is 4.98 Å². The van der Waals surface area contributed by atoms with Gasteiger partial charge >= 0.3 is 5.97 Å². The third-order valence-corrected chi connectivity index (χ3v) is 1.60. The number of carboxylic acids is 1. The fraction of sp³-hybridized carbons (Fsp3) is 0.222. The molecule has 0 atom stereocenters. The molecule has 5 nitrogen and oxygen atoms in total. The summed E-state index contributed by atoms with van der Waals surface area (Å²) in [5.74, 6) is -1.44. The smallest absolute Gasteiger partial charge is 0.323 e. The Kier molecular flexibility index (Phi) is 3.17. The minimum atomic E-state index is -1.04. The van der Waals surface area contributed by atoms with E-state index in [1.54, 1.807) is 18.2 Å². The number of hydrogen-bond donors (Lipinski definition) is 1. The van der Waals surface area contributed by atoms with Crippen molar-refractivity contribution in [3.63, 3.8) is 0 Å². The van der Waals surface area contributed by atoms with Gasteiger partial charge in [-0.25, -0.2) is 0 Å². The van der Waals surface area contributed by atoms with Crippen LogP contribution in [0, 0.1) is 0 Å². The molecule has 1 aromatic heterocycles. The third-order valence-electron chi connectivity index (χ3n) is 1.60. The minimum absolute atomic E-state index is 0.247. The predicted molar refractivity (Wildman–Crippen MR) is 48.8 cm³/mol. The van der Waals surface area contributed by atoms with Crippen molar-refractivity contribution in [2.24, 2.45) is 0 Å². The van der Waals surface area contributed by atoms with Gasteiger partial charge in [0.25, 0.3) is 5.91 Å². The molecule has 0 aliphatic rings. The molecule has 0 aliphatic heterocycles. The van der Waals surface area contributed by atoms with Crippen LogP contribution < -0.4 is 0 Å². The first-order valence-electron chi connectivity index (χ1n) is 3.99. The topological polar surface area (TPSA) is 70.5 Å². The number of carbonyl (C=O) groups is 2. The maximum Gasteiger partial charge on any atom is 0.323 e. The van der Waals surface area contributed by atoms with E-state index >= 15 is 0 Å². The number of nitrogens with zero attached hydrogens (tertiary/aromatic N) is 2. The van der Waals surface area contributed by atoms with Crippen molar-refractivity contribution in [3.8, 4) is 0 Å². The Bertz CT molecular complexity index is 337. The van der Waals surface area contributed by atoms with Crippen LogP contribution in [0.15, 0.2) is 24.4 Å². The molecular weight excluding hydrogens is 184 g/mol. The van der Waals surface area contributed by atoms with E-state index in [-0.39, 0.29) is 12.2 Å². The molecule has 0 spiro atoms. The van der Waals surface area contributed by atoms with Gasteiger partial charge in [0.15, 0.2) is 0 Å². The van der Waals surface area contributed by atoms with Gasteiger partial charge in [-0.15, -0.1) is 0 Å². The third kappa shape index (κ3) is 2.55. The Balaban J connectivity index is 2.71. The molecule has 74 valence electrons. The normalized spacial score (nSPS) is 9.50. The molecule has 1 aromatic rings. The number of carboxylic acid groups (broad SMARTS) is 1. The second-order valence-electron chi connectivity index (χ2n) is 2.77. The molecule has 0 saturated heterocycles. The van der Waals surface area contributed by atoms with Crippen molar-refractivity contribution < 1.29 is 14.7 Å². The number of carbonyl (C=O) groups excluding carboxylic acids is 1. The van der Waals surface area contributed by atoms with E-state index in [1.807, 2.05) is 0 Å². The maximum atomic E-state index is 11.5. The van der Waals surface area contributed by atoms with Crippen molar-refractivity contribution in [2.45, 2.75) is 0 Å². The van der Waals surface area contributed by atoms with E-state index in [1.165, 1.54) is 13.2 Å². The molecule has 5 heteroatoms. The molecule has 0 aromatic carbocycles. The van der Waals surface area contributed by atoms with Crippen molar-refractivity contribution in [1.29, 1.82) is 0 Å². The zero-order valence-electron chi connectivity index (χ0n) is 7.67. The van der Waals surface area contributed by atoms with Gasteiger partial charge < -0.3 is 10.0 Å². The molecule has 0 saturated carbocycles. The highest BCUT2D eigenvalue weighted by Crippen LogP contribution is 1.98. The Morgan fingerprint density at radius 3 is 2.71 bits per heavy atom. The van der Waals surface area contributed by atoms with Gasteiger partial charge in [0.2, 0.25) is 0 Å². The molecule has 14 heavy (non-hydrogen) atoms. The first-order chi connectivity index (χ1) is 6.61. The van der Waals surface area contributed by atoms with Gasteiger partial charge in [0.1, 0.15) is 12.2 Å². The second-order valence-corrected chi connectivity index (χ2v) is 2.77. The lowest BCUT2D eigenvalue weighted by Gasteiger charge is -2.13. The molecular formula is C9H10N2O3. The van der Waals surface area contributed by atoms with Crippen LogP contribution in [0.4, 0.5) is 0 Å². The Labute approximate surface area is 81.0 Å². The maximum absolute atomic E-state index is 11.5. The van der Waals surface area contributed by atoms with Gasteiger partial charge in [0, 0.05) is 13.2 Å². The monoisotopic (exact) mass is 194 g/mol. The van der Waals surface area contributed by atoms with E-state index in [9.17, 15) is 9.59 Å². The Morgan fingerprint density at radius 2 is 2.21 bits per heavy atom. The fourth-order valence-electron chi connectivity index (χ4n) is 0.960. The van der Waals surface area contributed by atoms with E-state index < -0.39 is 11.9 Å². The largest absolute Gasteiger partial charge is 0.480 e. The first kappa shape index (κ1) is 10.2. The Morgan fingerprint density at radius 1 is 1.50 bits per heavy atom. The highest BCUT2D eigenvalue weighted by atomic mass is 16.4. The van der Waals surface area contributed by atoms with E-state index in [0.717, 1.165) is 4.90 Å². The number of hydrogen-bond acceptors (Lipinski definition) is 3. The van der Waals surface area contributed by atoms with Gasteiger partial charge in [0.05, 0.1) is 0 Å². The lowest BCUT2D eigenvalue weighted by atomic mass is 10.3. The molecule has 0 aliphatic carbocycles. The lowest BCUT2D eigenvalue weighted by Crippen LogP contribution is -2.32. The standard InChI is InChI=1S/C9H10N2O3/c1-11(6-8(12)13)9(14)7-4-2-3-5-10-7/h2-5H,6H2,1H3,(H,12,13). The van der Waals surface area contributed by atoms with Crippen molar-refractivity contribution >= 4 is 11.9 Å². The summed E-state index contributed by atoms with van der Waals surface area (Å²) in [7, 11) is 1.42. The molecule has 1 N–H and O–H groups in total. The van der Waals surface area contributed by atoms with Crippen LogP contribution in [0.5, 0.6) is 0 Å². The number of amides is 1. The quantitative estimate of drug-likeness (QED) is 0.748. The van der Waals surface area contributed by atoms with Gasteiger partial charge in [-0.3, -0.25) is 14.6 Å². The summed E-state index contributed by atoms with van der Waals surface area (Å²) >= 11 is 0. The molecule has 0 fully saturated rings. The van der Waals surface area contributed by atoms with Crippen molar-refractivity contribution in [2.75, 3.05) is 13.6 Å². The van der Waals surface area contributed by atoms with Crippen molar-refractivity contribution in [3.05, 3.63) is 30.1 Å².